The minimum Gasteiger partial charge on any atom is -0.454 e. The molecule has 1 N–H and O–H groups in total. The van der Waals surface area contributed by atoms with Crippen molar-refractivity contribution < 1.29 is 19.1 Å². The van der Waals surface area contributed by atoms with E-state index < -0.39 is 23.3 Å². The van der Waals surface area contributed by atoms with Gasteiger partial charge in [-0.25, -0.2) is 0 Å². The monoisotopic (exact) mass is 395 g/mol. The van der Waals surface area contributed by atoms with Gasteiger partial charge in [-0.3, -0.25) is 9.59 Å². The number of nitrogens with one attached hydrogen (secondary N) is 1. The van der Waals surface area contributed by atoms with Gasteiger partial charge in [-0.05, 0) is 18.4 Å². The number of esters is 2. The molecule has 2 aliphatic rings. The Morgan fingerprint density at radius 3 is 2.52 bits per heavy atom. The lowest BCUT2D eigenvalue weighted by atomic mass is 9.69. The Morgan fingerprint density at radius 2 is 1.93 bits per heavy atom. The van der Waals surface area contributed by atoms with E-state index in [4.69, 9.17) is 9.47 Å². The van der Waals surface area contributed by atoms with Gasteiger partial charge in [-0.1, -0.05) is 17.9 Å². The maximum atomic E-state index is 11.3. The third-order valence-electron chi connectivity index (χ3n) is 5.02. The molecule has 29 heavy (non-hydrogen) atoms. The van der Waals surface area contributed by atoms with E-state index in [2.05, 4.69) is 40.7 Å². The quantitative estimate of drug-likeness (QED) is 0.227. The van der Waals surface area contributed by atoms with E-state index in [0.717, 1.165) is 12.8 Å². The zero-order chi connectivity index (χ0) is 21.4. The number of rotatable bonds is 6. The standard InChI is InChI=1S/C21H23N4O4/c1-14(26)28-9-5-4-8-21(12-22,13-23)17-10-16-6-7-18(25-16)20(17)19(24-3)11-29-15(2)27/h10,16,18,20,25H,3,6-9,11H2,1-2H3/q+1/t16-,18+,20-/m1/s1. The minimum atomic E-state index is -1.50. The predicted molar refractivity (Wildman–Crippen MR) is 105 cm³/mol. The van der Waals surface area contributed by atoms with Crippen molar-refractivity contribution in [1.29, 1.82) is 10.5 Å². The van der Waals surface area contributed by atoms with E-state index in [0.29, 0.717) is 11.3 Å². The second kappa shape index (κ2) is 9.71. The van der Waals surface area contributed by atoms with Gasteiger partial charge in [0.1, 0.15) is 0 Å². The van der Waals surface area contributed by atoms with Crippen LogP contribution in [-0.4, -0.2) is 49.7 Å². The molecule has 0 spiro atoms. The van der Waals surface area contributed by atoms with Gasteiger partial charge >= 0.3 is 17.7 Å². The van der Waals surface area contributed by atoms with Crippen molar-refractivity contribution in [3.63, 3.8) is 0 Å². The molecule has 150 valence electrons. The summed E-state index contributed by atoms with van der Waals surface area (Å²) in [5.74, 6) is 4.14. The van der Waals surface area contributed by atoms with E-state index in [1.54, 1.807) is 0 Å². The van der Waals surface area contributed by atoms with E-state index in [-0.39, 0.29) is 31.7 Å². The molecule has 0 saturated carbocycles. The summed E-state index contributed by atoms with van der Waals surface area (Å²) in [6.07, 6.45) is 3.56. The van der Waals surface area contributed by atoms with Crippen LogP contribution in [0.4, 0.5) is 0 Å². The number of fused-ring (bicyclic) bond motifs is 2. The lowest BCUT2D eigenvalue weighted by molar-refractivity contribution is -0.140. The molecule has 3 atom stereocenters. The molecule has 1 saturated heterocycles. The Morgan fingerprint density at radius 1 is 1.24 bits per heavy atom. The fraction of sp³-hybridized carbons (Fsp3) is 0.524. The van der Waals surface area contributed by atoms with Crippen molar-refractivity contribution in [2.75, 3.05) is 13.2 Å². The average Bonchev–Trinajstić information content (AvgIpc) is 3.07. The Labute approximate surface area is 169 Å². The maximum Gasteiger partial charge on any atom is 0.325 e. The van der Waals surface area contributed by atoms with Gasteiger partial charge in [-0.2, -0.15) is 10.5 Å². The van der Waals surface area contributed by atoms with Crippen molar-refractivity contribution in [2.24, 2.45) is 11.3 Å². The molecule has 2 rings (SSSR count). The van der Waals surface area contributed by atoms with Gasteiger partial charge < -0.3 is 14.8 Å². The normalized spacial score (nSPS) is 21.9. The smallest absolute Gasteiger partial charge is 0.325 e. The SMILES string of the molecule is C=[N+]=C(COC(C)=O)[C@@H]1C(C(C#N)(C#N)CC#CCOC(C)=O)=C[C@H]2CC[C@@H]1N2. The first-order chi connectivity index (χ1) is 13.9. The number of carbonyl (C=O) groups is 2. The Kier molecular flexibility index (Phi) is 7.34. The third-order valence-corrected chi connectivity index (χ3v) is 5.02. The van der Waals surface area contributed by atoms with Gasteiger partial charge in [-0.15, -0.1) is 4.67 Å². The van der Waals surface area contributed by atoms with Gasteiger partial charge in [0.2, 0.25) is 0 Å². The summed E-state index contributed by atoms with van der Waals surface area (Å²) in [6.45, 7) is 6.01. The molecule has 2 aliphatic heterocycles. The highest BCUT2D eigenvalue weighted by atomic mass is 16.5. The summed E-state index contributed by atoms with van der Waals surface area (Å²) in [6, 6.07) is 4.27. The molecule has 0 radical (unpaired) electrons. The molecule has 8 nitrogen and oxygen atoms in total. The highest BCUT2D eigenvalue weighted by Gasteiger charge is 2.51. The molecular weight excluding hydrogens is 372 g/mol. The third kappa shape index (κ3) is 5.12. The van der Waals surface area contributed by atoms with Crippen molar-refractivity contribution in [3.8, 4) is 24.0 Å². The second-order valence-corrected chi connectivity index (χ2v) is 6.93. The van der Waals surface area contributed by atoms with Crippen LogP contribution in [0.25, 0.3) is 0 Å². The zero-order valence-electron chi connectivity index (χ0n) is 16.5. The van der Waals surface area contributed by atoms with Crippen LogP contribution in [-0.2, 0) is 19.1 Å². The Balaban J connectivity index is 2.37. The molecule has 0 aromatic rings. The molecule has 0 aromatic carbocycles. The Hall–Kier alpha value is -3.37. The molecule has 2 bridgehead atoms. The van der Waals surface area contributed by atoms with Gasteiger partial charge in [0.25, 0.3) is 6.72 Å². The van der Waals surface area contributed by atoms with Crippen LogP contribution in [0, 0.1) is 45.8 Å². The highest BCUT2D eigenvalue weighted by Crippen LogP contribution is 2.43. The maximum absolute atomic E-state index is 11.3. The molecule has 0 unspecified atom stereocenters. The summed E-state index contributed by atoms with van der Waals surface area (Å²) in [5, 5.41) is 23.3. The molecule has 2 heterocycles. The second-order valence-electron chi connectivity index (χ2n) is 6.93. The van der Waals surface area contributed by atoms with Crippen LogP contribution in [0.15, 0.2) is 11.6 Å². The summed E-state index contributed by atoms with van der Waals surface area (Å²) in [7, 11) is 0. The lowest BCUT2D eigenvalue weighted by Gasteiger charge is -2.33. The van der Waals surface area contributed by atoms with E-state index in [9.17, 15) is 20.1 Å². The first-order valence-corrected chi connectivity index (χ1v) is 9.22. The summed E-state index contributed by atoms with van der Waals surface area (Å²) in [4.78, 5) is 22.1. The van der Waals surface area contributed by atoms with Gasteiger partial charge in [0.05, 0.1) is 18.1 Å². The highest BCUT2D eigenvalue weighted by molar-refractivity contribution is 5.92. The van der Waals surface area contributed by atoms with E-state index in [1.165, 1.54) is 13.8 Å². The first-order valence-electron chi connectivity index (χ1n) is 9.22. The fourth-order valence-electron chi connectivity index (χ4n) is 3.68. The number of hydrogen-bond donors (Lipinski definition) is 1. The zero-order valence-corrected chi connectivity index (χ0v) is 16.5. The fourth-order valence-corrected chi connectivity index (χ4v) is 3.68. The minimum absolute atomic E-state index is 0.0360. The summed E-state index contributed by atoms with van der Waals surface area (Å²) >= 11 is 0. The van der Waals surface area contributed by atoms with Crippen molar-refractivity contribution in [3.05, 3.63) is 11.6 Å². The van der Waals surface area contributed by atoms with Crippen LogP contribution in [0.2, 0.25) is 0 Å². The number of nitriles is 2. The average molecular weight is 395 g/mol. The number of nitrogens with zero attached hydrogens (tertiary/aromatic N) is 3. The van der Waals surface area contributed by atoms with Crippen LogP contribution in [0.5, 0.6) is 0 Å². The van der Waals surface area contributed by atoms with Crippen molar-refractivity contribution >= 4 is 24.4 Å². The van der Waals surface area contributed by atoms with Crippen LogP contribution in [0.3, 0.4) is 0 Å². The molecule has 0 aromatic heterocycles. The molecule has 8 heteroatoms. The largest absolute Gasteiger partial charge is 0.454 e. The predicted octanol–water partition coefficient (Wildman–Crippen LogP) is 0.425. The number of ether oxygens (including phenoxy) is 2. The molecule has 1 fully saturated rings. The lowest BCUT2D eigenvalue weighted by Crippen LogP contribution is -2.48. The van der Waals surface area contributed by atoms with Gasteiger partial charge in [0, 0.05) is 32.4 Å². The first kappa shape index (κ1) is 21.9. The Bertz CT molecular complexity index is 892. The molecule has 0 aliphatic carbocycles. The van der Waals surface area contributed by atoms with Crippen LogP contribution >= 0.6 is 0 Å². The van der Waals surface area contributed by atoms with E-state index in [1.807, 2.05) is 6.08 Å². The molecule has 0 amide bonds. The number of carbonyl (C=O) groups excluding carboxylic acids is 2. The topological polar surface area (TPSA) is 126 Å². The summed E-state index contributed by atoms with van der Waals surface area (Å²) < 4.78 is 13.9. The summed E-state index contributed by atoms with van der Waals surface area (Å²) in [5.41, 5.74) is -0.402. The molecular formula is C21H23N4O4+. The van der Waals surface area contributed by atoms with E-state index >= 15 is 0 Å². The van der Waals surface area contributed by atoms with Crippen molar-refractivity contribution in [1.82, 2.24) is 9.98 Å². The number of hydrogen-bond acceptors (Lipinski definition) is 7. The van der Waals surface area contributed by atoms with Gasteiger partial charge in [0.15, 0.2) is 18.6 Å². The van der Waals surface area contributed by atoms with Crippen LogP contribution < -0.4 is 9.98 Å². The van der Waals surface area contributed by atoms with Crippen LogP contribution in [0.1, 0.15) is 33.1 Å². The van der Waals surface area contributed by atoms with Crippen molar-refractivity contribution in [2.45, 2.75) is 45.2 Å².